The largest absolute Gasteiger partial charge is 0.369 e. The second-order valence-electron chi connectivity index (χ2n) is 6.13. The maximum absolute atomic E-state index is 4.62. The predicted octanol–water partition coefficient (Wildman–Crippen LogP) is 3.80. The predicted molar refractivity (Wildman–Crippen MR) is 105 cm³/mol. The molecular formula is C20H24N6. The van der Waals surface area contributed by atoms with Gasteiger partial charge in [0.05, 0.1) is 11.4 Å². The van der Waals surface area contributed by atoms with Crippen LogP contribution >= 0.6 is 0 Å². The van der Waals surface area contributed by atoms with Gasteiger partial charge in [-0.3, -0.25) is 9.97 Å². The zero-order chi connectivity index (χ0) is 18.2. The number of anilines is 2. The van der Waals surface area contributed by atoms with Crippen LogP contribution in [0.1, 0.15) is 26.0 Å². The Morgan fingerprint density at radius 2 is 1.77 bits per heavy atom. The molecule has 1 atom stereocenters. The minimum Gasteiger partial charge on any atom is -0.369 e. The Bertz CT molecular complexity index is 807. The van der Waals surface area contributed by atoms with Crippen molar-refractivity contribution >= 4 is 11.8 Å². The van der Waals surface area contributed by atoms with E-state index in [0.717, 1.165) is 42.3 Å². The van der Waals surface area contributed by atoms with Crippen LogP contribution in [0.5, 0.6) is 0 Å². The number of pyridine rings is 2. The average molecular weight is 348 g/mol. The highest BCUT2D eigenvalue weighted by atomic mass is 15.2. The fraction of sp³-hybridized carbons (Fsp3) is 0.300. The molecule has 2 N–H and O–H groups in total. The lowest BCUT2D eigenvalue weighted by atomic mass is 10.2. The minimum absolute atomic E-state index is 0.301. The lowest BCUT2D eigenvalue weighted by molar-refractivity contribution is 0.753. The van der Waals surface area contributed by atoms with E-state index in [1.165, 1.54) is 0 Å². The smallest absolute Gasteiger partial charge is 0.225 e. The van der Waals surface area contributed by atoms with Crippen LogP contribution in [0, 0.1) is 0 Å². The van der Waals surface area contributed by atoms with Crippen LogP contribution in [0.4, 0.5) is 11.8 Å². The van der Waals surface area contributed by atoms with Gasteiger partial charge in [-0.2, -0.15) is 4.98 Å². The number of hydrogen-bond acceptors (Lipinski definition) is 6. The van der Waals surface area contributed by atoms with Crippen molar-refractivity contribution < 1.29 is 0 Å². The number of hydrogen-bond donors (Lipinski definition) is 2. The van der Waals surface area contributed by atoms with E-state index in [1.807, 2.05) is 48.7 Å². The number of aromatic nitrogens is 4. The molecule has 0 saturated heterocycles. The second-order valence-corrected chi connectivity index (χ2v) is 6.13. The molecule has 3 aromatic rings. The molecule has 0 aliphatic rings. The van der Waals surface area contributed by atoms with Gasteiger partial charge in [-0.1, -0.05) is 19.1 Å². The van der Waals surface area contributed by atoms with Gasteiger partial charge in [-0.15, -0.1) is 0 Å². The number of nitrogens with one attached hydrogen (secondary N) is 2. The van der Waals surface area contributed by atoms with E-state index in [1.54, 1.807) is 6.20 Å². The van der Waals surface area contributed by atoms with Crippen molar-refractivity contribution in [1.82, 2.24) is 19.9 Å². The Kier molecular flexibility index (Phi) is 6.09. The first-order valence-electron chi connectivity index (χ1n) is 8.95. The molecule has 26 heavy (non-hydrogen) atoms. The van der Waals surface area contributed by atoms with Crippen LogP contribution in [0.2, 0.25) is 0 Å². The van der Waals surface area contributed by atoms with Crippen molar-refractivity contribution in [2.75, 3.05) is 17.2 Å². The van der Waals surface area contributed by atoms with E-state index >= 15 is 0 Å². The third-order valence-corrected chi connectivity index (χ3v) is 4.05. The van der Waals surface area contributed by atoms with Crippen molar-refractivity contribution in [3.8, 4) is 11.4 Å². The Hall–Kier alpha value is -3.02. The molecule has 0 fully saturated rings. The molecule has 0 spiro atoms. The highest BCUT2D eigenvalue weighted by Crippen LogP contribution is 2.20. The van der Waals surface area contributed by atoms with Crippen LogP contribution in [0.25, 0.3) is 11.4 Å². The molecular weight excluding hydrogens is 324 g/mol. The van der Waals surface area contributed by atoms with Crippen molar-refractivity contribution in [3.05, 3.63) is 60.6 Å². The lowest BCUT2D eigenvalue weighted by Gasteiger charge is -2.14. The first kappa shape index (κ1) is 17.8. The molecule has 0 aromatic carbocycles. The third-order valence-electron chi connectivity index (χ3n) is 4.05. The fourth-order valence-electron chi connectivity index (χ4n) is 2.43. The summed E-state index contributed by atoms with van der Waals surface area (Å²) in [6, 6.07) is 14.0. The van der Waals surface area contributed by atoms with Crippen LogP contribution in [0.15, 0.2) is 54.9 Å². The molecule has 3 aromatic heterocycles. The number of rotatable bonds is 8. The van der Waals surface area contributed by atoms with Gasteiger partial charge in [0.1, 0.15) is 5.82 Å². The molecule has 0 aliphatic carbocycles. The minimum atomic E-state index is 0.301. The average Bonchev–Trinajstić information content (AvgIpc) is 2.69. The molecule has 6 nitrogen and oxygen atoms in total. The normalized spacial score (nSPS) is 11.8. The maximum Gasteiger partial charge on any atom is 0.225 e. The Morgan fingerprint density at radius 3 is 2.46 bits per heavy atom. The highest BCUT2D eigenvalue weighted by molar-refractivity contribution is 5.61. The van der Waals surface area contributed by atoms with E-state index < -0.39 is 0 Å². The van der Waals surface area contributed by atoms with Crippen LogP contribution in [-0.4, -0.2) is 32.5 Å². The first-order chi connectivity index (χ1) is 12.7. The van der Waals surface area contributed by atoms with E-state index in [2.05, 4.69) is 44.4 Å². The van der Waals surface area contributed by atoms with Crippen LogP contribution < -0.4 is 10.6 Å². The van der Waals surface area contributed by atoms with Crippen molar-refractivity contribution in [2.45, 2.75) is 32.7 Å². The van der Waals surface area contributed by atoms with Crippen molar-refractivity contribution in [1.29, 1.82) is 0 Å². The van der Waals surface area contributed by atoms with Gasteiger partial charge in [-0.05, 0) is 37.6 Å². The zero-order valence-corrected chi connectivity index (χ0v) is 15.2. The van der Waals surface area contributed by atoms with Gasteiger partial charge in [0, 0.05) is 43.2 Å². The lowest BCUT2D eigenvalue weighted by Crippen LogP contribution is -2.17. The summed E-state index contributed by atoms with van der Waals surface area (Å²) >= 11 is 0. The van der Waals surface area contributed by atoms with Gasteiger partial charge in [-0.25, -0.2) is 4.98 Å². The quantitative estimate of drug-likeness (QED) is 0.645. The maximum atomic E-state index is 4.62. The standard InChI is InChI=1S/C20H24N6/c1-3-15(2)24-20-25-18(17-9-5-7-12-22-17)14-19(26-20)23-13-10-16-8-4-6-11-21-16/h4-9,11-12,14-15H,3,10,13H2,1-2H3,(H2,23,24,25,26)/t15-/m1/s1. The van der Waals surface area contributed by atoms with Gasteiger partial charge >= 0.3 is 0 Å². The molecule has 134 valence electrons. The summed E-state index contributed by atoms with van der Waals surface area (Å²) in [6.07, 6.45) is 5.41. The summed E-state index contributed by atoms with van der Waals surface area (Å²) in [5.74, 6) is 1.39. The highest BCUT2D eigenvalue weighted by Gasteiger charge is 2.09. The Labute approximate surface area is 154 Å². The molecule has 0 unspecified atom stereocenters. The summed E-state index contributed by atoms with van der Waals surface area (Å²) in [7, 11) is 0. The summed E-state index contributed by atoms with van der Waals surface area (Å²) in [4.78, 5) is 18.0. The molecule has 6 heteroatoms. The zero-order valence-electron chi connectivity index (χ0n) is 15.2. The van der Waals surface area contributed by atoms with Crippen molar-refractivity contribution in [2.24, 2.45) is 0 Å². The van der Waals surface area contributed by atoms with Gasteiger partial charge in [0.25, 0.3) is 0 Å². The molecule has 3 rings (SSSR count). The molecule has 3 heterocycles. The Morgan fingerprint density at radius 1 is 0.962 bits per heavy atom. The summed E-state index contributed by atoms with van der Waals surface area (Å²) in [5.41, 5.74) is 2.68. The first-order valence-corrected chi connectivity index (χ1v) is 8.95. The summed E-state index contributed by atoms with van der Waals surface area (Å²) in [5, 5.41) is 6.72. The van der Waals surface area contributed by atoms with Crippen LogP contribution in [0.3, 0.4) is 0 Å². The van der Waals surface area contributed by atoms with E-state index in [4.69, 9.17) is 0 Å². The SMILES string of the molecule is CC[C@@H](C)Nc1nc(NCCc2ccccn2)cc(-c2ccccn2)n1. The number of nitrogens with zero attached hydrogens (tertiary/aromatic N) is 4. The molecule has 0 bridgehead atoms. The topological polar surface area (TPSA) is 75.6 Å². The monoisotopic (exact) mass is 348 g/mol. The second kappa shape index (κ2) is 8.89. The van der Waals surface area contributed by atoms with E-state index in [9.17, 15) is 0 Å². The van der Waals surface area contributed by atoms with Crippen molar-refractivity contribution in [3.63, 3.8) is 0 Å². The molecule has 0 radical (unpaired) electrons. The van der Waals surface area contributed by atoms with E-state index in [-0.39, 0.29) is 0 Å². The van der Waals surface area contributed by atoms with E-state index in [0.29, 0.717) is 12.0 Å². The Balaban J connectivity index is 1.77. The molecule has 0 amide bonds. The third kappa shape index (κ3) is 4.99. The fourth-order valence-corrected chi connectivity index (χ4v) is 2.43. The summed E-state index contributed by atoms with van der Waals surface area (Å²) in [6.45, 7) is 5.00. The molecule has 0 aliphatic heterocycles. The summed E-state index contributed by atoms with van der Waals surface area (Å²) < 4.78 is 0. The van der Waals surface area contributed by atoms with Gasteiger partial charge < -0.3 is 10.6 Å². The van der Waals surface area contributed by atoms with Crippen LogP contribution in [-0.2, 0) is 6.42 Å². The molecule has 0 saturated carbocycles. The van der Waals surface area contributed by atoms with Gasteiger partial charge in [0.2, 0.25) is 5.95 Å². The van der Waals surface area contributed by atoms with Gasteiger partial charge in [0.15, 0.2) is 0 Å².